The maximum Gasteiger partial charge on any atom is 0.263 e. The van der Waals surface area contributed by atoms with E-state index in [4.69, 9.17) is 5.84 Å². The molecule has 0 atom stereocenters. The fourth-order valence-electron chi connectivity index (χ4n) is 1.18. The first-order valence-corrected chi connectivity index (χ1v) is 5.97. The van der Waals surface area contributed by atoms with Crippen LogP contribution in [0.15, 0.2) is 29.4 Å². The summed E-state index contributed by atoms with van der Waals surface area (Å²) in [6, 6.07) is 7.92. The van der Waals surface area contributed by atoms with Crippen molar-refractivity contribution in [3.05, 3.63) is 39.2 Å². The van der Waals surface area contributed by atoms with Crippen LogP contribution in [-0.2, 0) is 0 Å². The molecule has 0 saturated carbocycles. The van der Waals surface area contributed by atoms with Gasteiger partial charge in [-0.2, -0.15) is 5.10 Å². The van der Waals surface area contributed by atoms with E-state index in [1.54, 1.807) is 13.1 Å². The van der Waals surface area contributed by atoms with Crippen molar-refractivity contribution in [2.75, 3.05) is 11.3 Å². The normalized spacial score (nSPS) is 10.9. The number of aromatic nitrogens is 3. The monoisotopic (exact) mass is 342 g/mol. The summed E-state index contributed by atoms with van der Waals surface area (Å²) < 4.78 is 2.47. The quantitative estimate of drug-likeness (QED) is 0.382. The average Bonchev–Trinajstić information content (AvgIpc) is 2.63. The third-order valence-electron chi connectivity index (χ3n) is 2.14. The average molecular weight is 342 g/mol. The summed E-state index contributed by atoms with van der Waals surface area (Å²) in [6.45, 7) is 1.77. The number of hydrazone groups is 1. The molecule has 7 heteroatoms. The Morgan fingerprint density at radius 1 is 1.41 bits per heavy atom. The largest absolute Gasteiger partial charge is 0.335 e. The number of benzene rings is 1. The van der Waals surface area contributed by atoms with E-state index < -0.39 is 0 Å². The molecule has 0 bridgehead atoms. The fraction of sp³-hybridized carbons (Fsp3) is 0.100. The maximum absolute atomic E-state index is 5.67. The lowest BCUT2D eigenvalue weighted by atomic mass is 10.2. The van der Waals surface area contributed by atoms with Gasteiger partial charge in [-0.15, -0.1) is 10.2 Å². The van der Waals surface area contributed by atoms with Crippen LogP contribution in [0.5, 0.6) is 0 Å². The summed E-state index contributed by atoms with van der Waals surface area (Å²) in [5.74, 6) is 6.70. The Labute approximate surface area is 112 Å². The van der Waals surface area contributed by atoms with Crippen LogP contribution in [0, 0.1) is 10.5 Å². The standard InChI is InChI=1S/C10H11IN6/c1-7-14-16-10(17(7)12)15-13-6-8-4-2-3-5-9(8)11/h2-6H,12H2,1H3,(H,15,16)/b13-6-. The van der Waals surface area contributed by atoms with Crippen LogP contribution in [0.2, 0.25) is 0 Å². The molecule has 0 fully saturated rings. The van der Waals surface area contributed by atoms with Crippen LogP contribution in [-0.4, -0.2) is 21.1 Å². The second kappa shape index (κ2) is 5.13. The van der Waals surface area contributed by atoms with Crippen molar-refractivity contribution < 1.29 is 0 Å². The highest BCUT2D eigenvalue weighted by Gasteiger charge is 2.02. The van der Waals surface area contributed by atoms with E-state index in [1.807, 2.05) is 24.3 Å². The minimum absolute atomic E-state index is 0.407. The topological polar surface area (TPSA) is 81.1 Å². The number of halogens is 1. The highest BCUT2D eigenvalue weighted by molar-refractivity contribution is 14.1. The van der Waals surface area contributed by atoms with Crippen molar-refractivity contribution in [3.63, 3.8) is 0 Å². The Morgan fingerprint density at radius 3 is 2.82 bits per heavy atom. The summed E-state index contributed by atoms with van der Waals surface area (Å²) in [5.41, 5.74) is 3.77. The molecule has 17 heavy (non-hydrogen) atoms. The van der Waals surface area contributed by atoms with Crippen molar-refractivity contribution >= 4 is 34.8 Å². The van der Waals surface area contributed by atoms with Gasteiger partial charge >= 0.3 is 0 Å². The fourth-order valence-corrected chi connectivity index (χ4v) is 1.71. The molecule has 88 valence electrons. The predicted molar refractivity (Wildman–Crippen MR) is 75.3 cm³/mol. The zero-order valence-corrected chi connectivity index (χ0v) is 11.3. The maximum atomic E-state index is 5.67. The van der Waals surface area contributed by atoms with E-state index >= 15 is 0 Å². The number of anilines is 1. The minimum atomic E-state index is 0.407. The summed E-state index contributed by atoms with van der Waals surface area (Å²) in [5, 5.41) is 11.7. The van der Waals surface area contributed by atoms with Gasteiger partial charge in [0.15, 0.2) is 5.82 Å². The van der Waals surface area contributed by atoms with E-state index in [0.29, 0.717) is 11.8 Å². The molecule has 0 spiro atoms. The van der Waals surface area contributed by atoms with Crippen LogP contribution in [0.3, 0.4) is 0 Å². The lowest BCUT2D eigenvalue weighted by molar-refractivity contribution is 0.926. The van der Waals surface area contributed by atoms with Crippen molar-refractivity contribution in [2.45, 2.75) is 6.92 Å². The van der Waals surface area contributed by atoms with Crippen molar-refractivity contribution in [1.82, 2.24) is 14.9 Å². The van der Waals surface area contributed by atoms with Crippen molar-refractivity contribution in [2.24, 2.45) is 5.10 Å². The van der Waals surface area contributed by atoms with Gasteiger partial charge in [0.05, 0.1) is 6.21 Å². The molecule has 6 nitrogen and oxygen atoms in total. The van der Waals surface area contributed by atoms with E-state index in [2.05, 4.69) is 43.3 Å². The molecule has 2 aromatic rings. The van der Waals surface area contributed by atoms with E-state index in [0.717, 1.165) is 9.13 Å². The van der Waals surface area contributed by atoms with E-state index in [-0.39, 0.29) is 0 Å². The van der Waals surface area contributed by atoms with Gasteiger partial charge in [0, 0.05) is 9.13 Å². The smallest absolute Gasteiger partial charge is 0.263 e. The van der Waals surface area contributed by atoms with Gasteiger partial charge in [-0.3, -0.25) is 0 Å². The summed E-state index contributed by atoms with van der Waals surface area (Å²) in [7, 11) is 0. The predicted octanol–water partition coefficient (Wildman–Crippen LogP) is 1.35. The van der Waals surface area contributed by atoms with Crippen LogP contribution in [0.25, 0.3) is 0 Å². The molecule has 1 heterocycles. The minimum Gasteiger partial charge on any atom is -0.335 e. The summed E-state index contributed by atoms with van der Waals surface area (Å²) >= 11 is 2.25. The molecule has 2 rings (SSSR count). The number of rotatable bonds is 3. The Morgan fingerprint density at radius 2 is 2.18 bits per heavy atom. The zero-order valence-electron chi connectivity index (χ0n) is 9.13. The van der Waals surface area contributed by atoms with Gasteiger partial charge in [0.25, 0.3) is 5.95 Å². The SMILES string of the molecule is Cc1nnc(N/N=C\c2ccccc2I)n1N. The summed E-state index contributed by atoms with van der Waals surface area (Å²) in [6.07, 6.45) is 1.71. The Balaban J connectivity index is 2.08. The van der Waals surface area contributed by atoms with E-state index in [9.17, 15) is 0 Å². The van der Waals surface area contributed by atoms with Crippen molar-refractivity contribution in [3.8, 4) is 0 Å². The third-order valence-corrected chi connectivity index (χ3v) is 3.12. The van der Waals surface area contributed by atoms with Crippen molar-refractivity contribution in [1.29, 1.82) is 0 Å². The number of nitrogens with one attached hydrogen (secondary N) is 1. The number of aryl methyl sites for hydroxylation is 1. The third kappa shape index (κ3) is 2.73. The molecule has 0 unspecified atom stereocenters. The zero-order chi connectivity index (χ0) is 12.3. The van der Waals surface area contributed by atoms with Gasteiger partial charge in [-0.05, 0) is 35.6 Å². The molecule has 1 aromatic heterocycles. The number of hydrogen-bond donors (Lipinski definition) is 2. The van der Waals surface area contributed by atoms with Crippen LogP contribution >= 0.6 is 22.6 Å². The Kier molecular flexibility index (Phi) is 3.57. The van der Waals surface area contributed by atoms with Gasteiger partial charge in [0.2, 0.25) is 0 Å². The number of nitrogen functional groups attached to an aromatic ring is 1. The second-order valence-electron chi connectivity index (χ2n) is 3.33. The number of nitrogens with zero attached hydrogens (tertiary/aromatic N) is 4. The van der Waals surface area contributed by atoms with Gasteiger partial charge in [0.1, 0.15) is 0 Å². The first-order valence-electron chi connectivity index (χ1n) is 4.89. The molecule has 0 saturated heterocycles. The van der Waals surface area contributed by atoms with Crippen LogP contribution < -0.4 is 11.3 Å². The Hall–Kier alpha value is -1.64. The molecule has 1 aromatic carbocycles. The van der Waals surface area contributed by atoms with Gasteiger partial charge in [-0.1, -0.05) is 18.2 Å². The molecular formula is C10H11IN6. The highest BCUT2D eigenvalue weighted by Crippen LogP contribution is 2.09. The lowest BCUT2D eigenvalue weighted by Crippen LogP contribution is -2.13. The molecule has 0 amide bonds. The molecule has 0 radical (unpaired) electrons. The van der Waals surface area contributed by atoms with Crippen LogP contribution in [0.1, 0.15) is 11.4 Å². The molecule has 0 aliphatic heterocycles. The van der Waals surface area contributed by atoms with Gasteiger partial charge < -0.3 is 5.84 Å². The van der Waals surface area contributed by atoms with Gasteiger partial charge in [-0.25, -0.2) is 10.1 Å². The Bertz CT molecular complexity index is 547. The number of nitrogens with two attached hydrogens (primary N) is 1. The molecule has 0 aliphatic rings. The van der Waals surface area contributed by atoms with E-state index in [1.165, 1.54) is 4.68 Å². The summed E-state index contributed by atoms with van der Waals surface area (Å²) in [4.78, 5) is 0. The molecule has 0 aliphatic carbocycles. The molecule has 3 N–H and O–H groups in total. The number of hydrogen-bond acceptors (Lipinski definition) is 5. The molecular weight excluding hydrogens is 331 g/mol. The van der Waals surface area contributed by atoms with Crippen LogP contribution in [0.4, 0.5) is 5.95 Å². The first-order chi connectivity index (χ1) is 8.18. The highest BCUT2D eigenvalue weighted by atomic mass is 127. The first kappa shape index (κ1) is 11.8. The second-order valence-corrected chi connectivity index (χ2v) is 4.49. The lowest BCUT2D eigenvalue weighted by Gasteiger charge is -2.00.